The van der Waals surface area contributed by atoms with Crippen LogP contribution >= 0.6 is 39.9 Å². The highest BCUT2D eigenvalue weighted by molar-refractivity contribution is 9.10. The molecule has 1 unspecified atom stereocenters. The fraction of sp³-hybridized carbons (Fsp3) is 0.176. The number of nitrogens with two attached hydrogens (primary N) is 1. The van der Waals surface area contributed by atoms with Crippen LogP contribution in [0.2, 0.25) is 5.02 Å². The molecule has 0 saturated carbocycles. The summed E-state index contributed by atoms with van der Waals surface area (Å²) in [5.74, 6) is -1.52. The topological polar surface area (TPSA) is 92.8 Å². The number of primary amides is 1. The Morgan fingerprint density at radius 1 is 1.26 bits per heavy atom. The zero-order valence-electron chi connectivity index (χ0n) is 14.5. The van der Waals surface area contributed by atoms with Gasteiger partial charge >= 0.3 is 0 Å². The average Bonchev–Trinajstić information content (AvgIpc) is 2.56. The molecule has 0 aliphatic rings. The van der Waals surface area contributed by atoms with Crippen molar-refractivity contribution in [3.63, 3.8) is 0 Å². The molecule has 0 saturated heterocycles. The van der Waals surface area contributed by atoms with Crippen molar-refractivity contribution in [1.82, 2.24) is 4.90 Å². The number of hydrogen-bond donors (Lipinski definition) is 1. The molecule has 2 aromatic rings. The molecule has 2 aromatic carbocycles. The summed E-state index contributed by atoms with van der Waals surface area (Å²) in [6.45, 7) is 0. The number of nitrogens with zero attached hydrogens (tertiary/aromatic N) is 2. The Bertz CT molecular complexity index is 966. The second kappa shape index (κ2) is 9.54. The molecule has 1 atom stereocenters. The maximum absolute atomic E-state index is 12.5. The predicted molar refractivity (Wildman–Crippen MR) is 113 cm³/mol. The summed E-state index contributed by atoms with van der Waals surface area (Å²) in [4.78, 5) is 13.5. The summed E-state index contributed by atoms with van der Waals surface area (Å²) in [5, 5.41) is 0.370. The third-order valence-corrected chi connectivity index (χ3v) is 6.05. The summed E-state index contributed by atoms with van der Waals surface area (Å²) in [5.41, 5.74) is 6.48. The van der Waals surface area contributed by atoms with Crippen LogP contribution in [-0.4, -0.2) is 39.7 Å². The van der Waals surface area contributed by atoms with Crippen LogP contribution in [0.4, 0.5) is 0 Å². The van der Waals surface area contributed by atoms with E-state index in [1.165, 1.54) is 17.3 Å². The van der Waals surface area contributed by atoms with Crippen LogP contribution in [0.15, 0.2) is 56.2 Å². The molecule has 2 rings (SSSR count). The van der Waals surface area contributed by atoms with Crippen LogP contribution in [0, 0.1) is 0 Å². The van der Waals surface area contributed by atoms with Gasteiger partial charge in [0.1, 0.15) is 11.2 Å². The van der Waals surface area contributed by atoms with Gasteiger partial charge in [-0.25, -0.2) is 0 Å². The molecule has 0 aliphatic carbocycles. The molecule has 0 bridgehead atoms. The highest BCUT2D eigenvalue weighted by Gasteiger charge is 2.25. The molecule has 0 fully saturated rings. The lowest BCUT2D eigenvalue weighted by atomic mass is 9.91. The lowest BCUT2D eigenvalue weighted by Gasteiger charge is -2.17. The second-order valence-electron chi connectivity index (χ2n) is 5.71. The Hall–Kier alpha value is -1.61. The van der Waals surface area contributed by atoms with Crippen LogP contribution in [0.25, 0.3) is 0 Å². The molecule has 10 heteroatoms. The first kappa shape index (κ1) is 23.4. The fourth-order valence-corrected chi connectivity index (χ4v) is 4.45. The first-order chi connectivity index (χ1) is 12.1. The van der Waals surface area contributed by atoms with E-state index >= 15 is 0 Å². The van der Waals surface area contributed by atoms with E-state index in [0.29, 0.717) is 20.6 Å². The van der Waals surface area contributed by atoms with Crippen LogP contribution in [0.1, 0.15) is 17.0 Å². The number of amides is 1. The molecule has 0 spiro atoms. The maximum Gasteiger partial charge on any atom is 0.284 e. The van der Waals surface area contributed by atoms with Gasteiger partial charge in [-0.15, -0.1) is 16.8 Å². The van der Waals surface area contributed by atoms with E-state index < -0.39 is 21.8 Å². The van der Waals surface area contributed by atoms with Crippen LogP contribution in [0.3, 0.4) is 0 Å². The highest BCUT2D eigenvalue weighted by Crippen LogP contribution is 2.33. The summed E-state index contributed by atoms with van der Waals surface area (Å²) in [7, 11) is -0.649. The Kier molecular flexibility index (Phi) is 8.28. The molecule has 0 aliphatic heterocycles. The van der Waals surface area contributed by atoms with Crippen molar-refractivity contribution in [3.05, 3.63) is 63.1 Å². The summed E-state index contributed by atoms with van der Waals surface area (Å²) in [6, 6.07) is 11.3. The van der Waals surface area contributed by atoms with E-state index in [2.05, 4.69) is 20.3 Å². The largest absolute Gasteiger partial charge is 0.369 e. The van der Waals surface area contributed by atoms with Crippen molar-refractivity contribution in [2.45, 2.75) is 10.8 Å². The number of benzene rings is 2. The van der Waals surface area contributed by atoms with Gasteiger partial charge in [0.2, 0.25) is 5.91 Å². The number of rotatable bonds is 6. The van der Waals surface area contributed by atoms with Crippen LogP contribution in [-0.2, 0) is 14.8 Å². The first-order valence-electron chi connectivity index (χ1n) is 7.43. The lowest BCUT2D eigenvalue weighted by Crippen LogP contribution is -2.23. The molecule has 0 heterocycles. The Balaban J connectivity index is 0.00000364. The molecule has 27 heavy (non-hydrogen) atoms. The smallest absolute Gasteiger partial charge is 0.284 e. The third kappa shape index (κ3) is 5.68. The second-order valence-corrected chi connectivity index (χ2v) is 8.57. The van der Waals surface area contributed by atoms with Crippen molar-refractivity contribution in [2.75, 3.05) is 14.1 Å². The van der Waals surface area contributed by atoms with Gasteiger partial charge in [0.05, 0.1) is 5.92 Å². The summed E-state index contributed by atoms with van der Waals surface area (Å²) < 4.78 is 29.0. The maximum atomic E-state index is 12.5. The van der Waals surface area contributed by atoms with Gasteiger partial charge in [-0.05, 0) is 45.3 Å². The third-order valence-electron chi connectivity index (χ3n) is 3.48. The number of sulfonamides is 1. The molecule has 1 amide bonds. The van der Waals surface area contributed by atoms with Crippen molar-refractivity contribution in [1.29, 1.82) is 0 Å². The number of hydrogen-bond acceptors (Lipinski definition) is 3. The zero-order chi connectivity index (χ0) is 19.5. The molecule has 146 valence electrons. The molecular formula is C17H18BrCl2N3O3S. The van der Waals surface area contributed by atoms with E-state index in [-0.39, 0.29) is 17.3 Å². The normalized spacial score (nSPS) is 12.4. The Morgan fingerprint density at radius 2 is 1.89 bits per heavy atom. The Morgan fingerprint density at radius 3 is 2.44 bits per heavy atom. The van der Waals surface area contributed by atoms with Crippen LogP contribution in [0.5, 0.6) is 0 Å². The molecule has 0 radical (unpaired) electrons. The van der Waals surface area contributed by atoms with Gasteiger partial charge in [-0.3, -0.25) is 4.79 Å². The van der Waals surface area contributed by atoms with Crippen molar-refractivity contribution >= 4 is 62.2 Å². The summed E-state index contributed by atoms with van der Waals surface area (Å²) in [6.07, 6.45) is 1.19. The number of halogens is 3. The standard InChI is InChI=1S/C17H17BrClN3O3S.ClH/c1-22(2)10-21-26(24,25)15-9-11(7-8-13(15)18)16(17(20)23)12-5-3-4-6-14(12)19;/h3-10,16H,1-2H3,(H2,20,23);1H. The van der Waals surface area contributed by atoms with Crippen molar-refractivity contribution < 1.29 is 13.2 Å². The average molecular weight is 495 g/mol. The SMILES string of the molecule is CN(C)C=NS(=O)(=O)c1cc(C(C(N)=O)c2ccccc2Cl)ccc1Br.Cl. The van der Waals surface area contributed by atoms with E-state index in [4.69, 9.17) is 17.3 Å². The molecular weight excluding hydrogens is 477 g/mol. The summed E-state index contributed by atoms with van der Waals surface area (Å²) >= 11 is 9.42. The monoisotopic (exact) mass is 493 g/mol. The molecule has 6 nitrogen and oxygen atoms in total. The highest BCUT2D eigenvalue weighted by atomic mass is 79.9. The minimum atomic E-state index is -3.96. The van der Waals surface area contributed by atoms with Gasteiger partial charge in [0.25, 0.3) is 10.0 Å². The van der Waals surface area contributed by atoms with Gasteiger partial charge in [0.15, 0.2) is 0 Å². The predicted octanol–water partition coefficient (Wildman–Crippen LogP) is 3.42. The quantitative estimate of drug-likeness (QED) is 0.491. The van der Waals surface area contributed by atoms with Gasteiger partial charge < -0.3 is 10.6 Å². The Labute approximate surface area is 178 Å². The van der Waals surface area contributed by atoms with Crippen LogP contribution < -0.4 is 5.73 Å². The molecule has 0 aromatic heterocycles. The van der Waals surface area contributed by atoms with E-state index in [9.17, 15) is 13.2 Å². The number of carbonyl (C=O) groups is 1. The zero-order valence-corrected chi connectivity index (χ0v) is 18.4. The van der Waals surface area contributed by atoms with Crippen molar-refractivity contribution in [2.24, 2.45) is 10.1 Å². The van der Waals surface area contributed by atoms with Crippen molar-refractivity contribution in [3.8, 4) is 0 Å². The van der Waals surface area contributed by atoms with Gasteiger partial charge in [0, 0.05) is 23.6 Å². The van der Waals surface area contributed by atoms with E-state index in [0.717, 1.165) is 0 Å². The van der Waals surface area contributed by atoms with E-state index in [1.54, 1.807) is 50.5 Å². The van der Waals surface area contributed by atoms with E-state index in [1.807, 2.05) is 0 Å². The minimum Gasteiger partial charge on any atom is -0.369 e. The fourth-order valence-electron chi connectivity index (χ4n) is 2.32. The number of carbonyl (C=O) groups excluding carboxylic acids is 1. The first-order valence-corrected chi connectivity index (χ1v) is 10.0. The minimum absolute atomic E-state index is 0. The lowest BCUT2D eigenvalue weighted by molar-refractivity contribution is -0.118. The van der Waals surface area contributed by atoms with Gasteiger partial charge in [-0.1, -0.05) is 35.9 Å². The molecule has 2 N–H and O–H groups in total. The van der Waals surface area contributed by atoms with Gasteiger partial charge in [-0.2, -0.15) is 8.42 Å².